The van der Waals surface area contributed by atoms with Crippen LogP contribution in [-0.2, 0) is 20.0 Å². The number of rotatable bonds is 4. The summed E-state index contributed by atoms with van der Waals surface area (Å²) in [7, 11) is 1.93. The lowest BCUT2D eigenvalue weighted by Gasteiger charge is -2.32. The largest absolute Gasteiger partial charge is 0.367 e. The average molecular weight is 388 g/mol. The van der Waals surface area contributed by atoms with Crippen LogP contribution in [-0.4, -0.2) is 36.2 Å². The maximum Gasteiger partial charge on any atom is 0.251 e. The zero-order valence-electron chi connectivity index (χ0n) is 16.9. The van der Waals surface area contributed by atoms with Gasteiger partial charge in [-0.1, -0.05) is 6.58 Å². The van der Waals surface area contributed by atoms with E-state index in [-0.39, 0.29) is 5.56 Å². The third-order valence-corrected chi connectivity index (χ3v) is 5.56. The number of nitrogens with one attached hydrogen (secondary N) is 1. The summed E-state index contributed by atoms with van der Waals surface area (Å²) in [5.41, 5.74) is 7.14. The molecule has 0 aliphatic carbocycles. The van der Waals surface area contributed by atoms with Crippen LogP contribution < -0.4 is 5.56 Å². The summed E-state index contributed by atoms with van der Waals surface area (Å²) in [4.78, 5) is 25.6. The number of aromatic nitrogens is 5. The first-order chi connectivity index (χ1) is 13.9. The fourth-order valence-corrected chi connectivity index (χ4v) is 3.65. The molecule has 0 spiro atoms. The van der Waals surface area contributed by atoms with Crippen molar-refractivity contribution in [2.75, 3.05) is 6.54 Å². The van der Waals surface area contributed by atoms with Gasteiger partial charge in [-0.05, 0) is 42.7 Å². The number of hydrogen-bond acceptors (Lipinski definition) is 5. The minimum absolute atomic E-state index is 0.159. The van der Waals surface area contributed by atoms with Crippen LogP contribution in [0.3, 0.4) is 0 Å². The van der Waals surface area contributed by atoms with Gasteiger partial charge in [-0.25, -0.2) is 4.98 Å². The molecule has 0 fully saturated rings. The highest BCUT2D eigenvalue weighted by Gasteiger charge is 2.21. The molecule has 0 aromatic carbocycles. The Balaban J connectivity index is 1.60. The average Bonchev–Trinajstić information content (AvgIpc) is 3.17. The van der Waals surface area contributed by atoms with Crippen LogP contribution in [0.4, 0.5) is 0 Å². The van der Waals surface area contributed by atoms with Crippen LogP contribution in [0.1, 0.15) is 30.9 Å². The van der Waals surface area contributed by atoms with Gasteiger partial charge in [0.25, 0.3) is 5.56 Å². The molecule has 0 bridgehead atoms. The van der Waals surface area contributed by atoms with E-state index in [0.29, 0.717) is 5.82 Å². The van der Waals surface area contributed by atoms with Crippen molar-refractivity contribution in [2.45, 2.75) is 26.8 Å². The van der Waals surface area contributed by atoms with Gasteiger partial charge >= 0.3 is 0 Å². The number of pyridine rings is 1. The molecule has 1 aliphatic heterocycles. The van der Waals surface area contributed by atoms with E-state index in [1.54, 1.807) is 6.20 Å². The number of aromatic amines is 1. The van der Waals surface area contributed by atoms with Gasteiger partial charge in [0.15, 0.2) is 0 Å². The molecule has 29 heavy (non-hydrogen) atoms. The van der Waals surface area contributed by atoms with Crippen LogP contribution in [0, 0.1) is 0 Å². The zero-order chi connectivity index (χ0) is 20.5. The Bertz CT molecular complexity index is 1170. The van der Waals surface area contributed by atoms with E-state index in [4.69, 9.17) is 0 Å². The fourth-order valence-electron chi connectivity index (χ4n) is 3.65. The second-order valence-corrected chi connectivity index (χ2v) is 7.32. The molecule has 7 nitrogen and oxygen atoms in total. The van der Waals surface area contributed by atoms with E-state index >= 15 is 0 Å². The first-order valence-electron chi connectivity index (χ1n) is 9.57. The fraction of sp³-hybridized carbons (Fsp3) is 0.273. The lowest BCUT2D eigenvalue weighted by molar-refractivity contribution is 0.326. The molecule has 1 aliphatic rings. The number of aryl methyl sites for hydroxylation is 1. The highest BCUT2D eigenvalue weighted by Crippen LogP contribution is 2.29. The Labute approximate surface area is 169 Å². The summed E-state index contributed by atoms with van der Waals surface area (Å²) in [5.74, 6) is 0.578. The van der Waals surface area contributed by atoms with Crippen molar-refractivity contribution in [3.63, 3.8) is 0 Å². The number of nitrogens with zero attached hydrogens (tertiary/aromatic N) is 5. The summed E-state index contributed by atoms with van der Waals surface area (Å²) < 4.78 is 1.85. The van der Waals surface area contributed by atoms with E-state index in [9.17, 15) is 4.79 Å². The van der Waals surface area contributed by atoms with Gasteiger partial charge in [-0.3, -0.25) is 14.5 Å². The Kier molecular flexibility index (Phi) is 4.88. The zero-order valence-corrected chi connectivity index (χ0v) is 16.9. The van der Waals surface area contributed by atoms with E-state index in [2.05, 4.69) is 37.6 Å². The highest BCUT2D eigenvalue weighted by atomic mass is 16.1. The first kappa shape index (κ1) is 18.9. The molecule has 3 aromatic heterocycles. The topological polar surface area (TPSA) is 79.7 Å². The standard InChI is InChI=1S/C22H24N6O/c1-14(15(2)22-23-8-6-21(29)26-22)16(3)28-10-7-19-18(13-28)11-17(12-24-19)20-5-9-25-27(20)4/h5-6,8-9,11-12H,3,7,10,13H2,1-2,4H3,(H,23,26,29)/b15-14-. The second-order valence-electron chi connectivity index (χ2n) is 7.32. The number of hydrogen-bond donors (Lipinski definition) is 1. The quantitative estimate of drug-likeness (QED) is 0.695. The van der Waals surface area contributed by atoms with Crippen molar-refractivity contribution < 1.29 is 0 Å². The Hall–Kier alpha value is -3.48. The summed E-state index contributed by atoms with van der Waals surface area (Å²) >= 11 is 0. The van der Waals surface area contributed by atoms with Crippen LogP contribution in [0.15, 0.2) is 59.4 Å². The second kappa shape index (κ2) is 7.50. The lowest BCUT2D eigenvalue weighted by Crippen LogP contribution is -2.30. The maximum atomic E-state index is 11.6. The summed E-state index contributed by atoms with van der Waals surface area (Å²) in [5, 5.41) is 4.25. The number of fused-ring (bicyclic) bond motifs is 1. The summed E-state index contributed by atoms with van der Waals surface area (Å²) in [6.07, 6.45) is 6.11. The molecule has 0 amide bonds. The molecule has 7 heteroatoms. The van der Waals surface area contributed by atoms with Gasteiger partial charge in [-0.2, -0.15) is 5.10 Å². The highest BCUT2D eigenvalue weighted by molar-refractivity contribution is 5.65. The predicted octanol–water partition coefficient (Wildman–Crippen LogP) is 2.93. The molecular formula is C22H24N6O. The number of H-pyrrole nitrogens is 1. The van der Waals surface area contributed by atoms with Crippen LogP contribution in [0.25, 0.3) is 16.8 Å². The first-order valence-corrected chi connectivity index (χ1v) is 9.57. The molecule has 0 radical (unpaired) electrons. The summed E-state index contributed by atoms with van der Waals surface area (Å²) in [6.45, 7) is 9.90. The molecule has 148 valence electrons. The third kappa shape index (κ3) is 3.63. The van der Waals surface area contributed by atoms with Gasteiger partial charge in [-0.15, -0.1) is 0 Å². The minimum Gasteiger partial charge on any atom is -0.367 e. The van der Waals surface area contributed by atoms with E-state index in [1.165, 1.54) is 17.8 Å². The van der Waals surface area contributed by atoms with Crippen LogP contribution >= 0.6 is 0 Å². The van der Waals surface area contributed by atoms with Gasteiger partial charge in [0, 0.05) is 68.2 Å². The van der Waals surface area contributed by atoms with Gasteiger partial charge < -0.3 is 9.88 Å². The van der Waals surface area contributed by atoms with E-state index in [1.807, 2.05) is 37.8 Å². The van der Waals surface area contributed by atoms with Crippen LogP contribution in [0.2, 0.25) is 0 Å². The summed E-state index contributed by atoms with van der Waals surface area (Å²) in [6, 6.07) is 5.60. The molecule has 0 atom stereocenters. The van der Waals surface area contributed by atoms with Gasteiger partial charge in [0.05, 0.1) is 5.69 Å². The van der Waals surface area contributed by atoms with Crippen molar-refractivity contribution in [3.8, 4) is 11.3 Å². The lowest BCUT2D eigenvalue weighted by atomic mass is 10.00. The molecule has 1 N–H and O–H groups in total. The molecule has 4 heterocycles. The Morgan fingerprint density at radius 2 is 2.03 bits per heavy atom. The monoisotopic (exact) mass is 388 g/mol. The van der Waals surface area contributed by atoms with Crippen molar-refractivity contribution >= 4 is 5.57 Å². The van der Waals surface area contributed by atoms with E-state index in [0.717, 1.165) is 53.3 Å². The Morgan fingerprint density at radius 1 is 1.21 bits per heavy atom. The minimum atomic E-state index is -0.159. The van der Waals surface area contributed by atoms with Crippen molar-refractivity contribution in [1.82, 2.24) is 29.6 Å². The van der Waals surface area contributed by atoms with Gasteiger partial charge in [0.2, 0.25) is 0 Å². The van der Waals surface area contributed by atoms with Crippen molar-refractivity contribution in [2.24, 2.45) is 7.05 Å². The molecule has 0 saturated carbocycles. The van der Waals surface area contributed by atoms with E-state index < -0.39 is 0 Å². The third-order valence-electron chi connectivity index (χ3n) is 5.56. The van der Waals surface area contributed by atoms with Crippen molar-refractivity contribution in [3.05, 3.63) is 82.1 Å². The van der Waals surface area contributed by atoms with Crippen molar-refractivity contribution in [1.29, 1.82) is 0 Å². The smallest absolute Gasteiger partial charge is 0.251 e. The maximum absolute atomic E-state index is 11.6. The predicted molar refractivity (Wildman–Crippen MR) is 113 cm³/mol. The van der Waals surface area contributed by atoms with Gasteiger partial charge in [0.1, 0.15) is 5.82 Å². The Morgan fingerprint density at radius 3 is 2.76 bits per heavy atom. The normalized spacial score (nSPS) is 14.4. The molecular weight excluding hydrogens is 364 g/mol. The molecule has 0 unspecified atom stereocenters. The molecule has 4 rings (SSSR count). The SMILES string of the molecule is C=C(/C(C)=C(/C)c1nccc(=O)[nH]1)N1CCc2ncc(-c3ccnn3C)cc2C1. The number of allylic oxidation sites excluding steroid dienone is 2. The van der Waals surface area contributed by atoms with Crippen LogP contribution in [0.5, 0.6) is 0 Å². The molecule has 0 saturated heterocycles. The molecule has 3 aromatic rings.